The molecule has 7 heteroatoms. The Labute approximate surface area is 187 Å². The van der Waals surface area contributed by atoms with Crippen molar-refractivity contribution in [2.45, 2.75) is 19.6 Å². The highest BCUT2D eigenvalue weighted by Gasteiger charge is 2.22. The number of benzene rings is 2. The van der Waals surface area contributed by atoms with Crippen molar-refractivity contribution in [2.75, 3.05) is 33.1 Å². The summed E-state index contributed by atoms with van der Waals surface area (Å²) in [7, 11) is 0. The van der Waals surface area contributed by atoms with Gasteiger partial charge in [0.05, 0.1) is 19.8 Å². The Morgan fingerprint density at radius 1 is 0.844 bits per heavy atom. The number of carbonyl (C=O) groups is 1. The molecule has 0 atom stereocenters. The van der Waals surface area contributed by atoms with Crippen molar-refractivity contribution in [1.29, 1.82) is 0 Å². The third-order valence-electron chi connectivity index (χ3n) is 5.64. The summed E-state index contributed by atoms with van der Waals surface area (Å²) in [6.07, 6.45) is 0. The van der Waals surface area contributed by atoms with E-state index in [1.807, 2.05) is 36.4 Å². The lowest BCUT2D eigenvalue weighted by atomic mass is 10.1. The van der Waals surface area contributed by atoms with E-state index in [0.29, 0.717) is 45.2 Å². The predicted molar refractivity (Wildman–Crippen MR) is 117 cm³/mol. The second kappa shape index (κ2) is 9.46. The third kappa shape index (κ3) is 4.79. The van der Waals surface area contributed by atoms with Crippen LogP contribution in [0.25, 0.3) is 0 Å². The van der Waals surface area contributed by atoms with E-state index in [2.05, 4.69) is 23.1 Å². The Balaban J connectivity index is 1.31. The largest absolute Gasteiger partial charge is 0.455 e. The smallest absolute Gasteiger partial charge is 0.289 e. The minimum absolute atomic E-state index is 0.0788. The first-order chi connectivity index (χ1) is 15.7. The van der Waals surface area contributed by atoms with Crippen molar-refractivity contribution >= 4 is 5.91 Å². The van der Waals surface area contributed by atoms with Gasteiger partial charge in [-0.25, -0.2) is 0 Å². The molecule has 32 heavy (non-hydrogen) atoms. The second-order valence-corrected chi connectivity index (χ2v) is 7.99. The number of furan rings is 1. The zero-order valence-corrected chi connectivity index (χ0v) is 17.9. The first kappa shape index (κ1) is 20.6. The topological polar surface area (TPSA) is 64.4 Å². The molecule has 0 spiro atoms. The van der Waals surface area contributed by atoms with Gasteiger partial charge in [0.25, 0.3) is 5.91 Å². The van der Waals surface area contributed by atoms with Gasteiger partial charge in [-0.05, 0) is 35.4 Å². The standard InChI is InChI=1S/C25H26N2O5/c28-25(27-10-12-29-13-11-27)23-9-7-21(32-23)17-26(15-19-4-2-1-3-5-19)16-20-6-8-22-24(14-20)31-18-30-22/h1-9,14H,10-13,15-18H2. The summed E-state index contributed by atoms with van der Waals surface area (Å²) in [4.78, 5) is 16.8. The molecule has 1 amide bonds. The molecule has 7 nitrogen and oxygen atoms in total. The van der Waals surface area contributed by atoms with Crippen molar-refractivity contribution in [3.05, 3.63) is 83.3 Å². The number of fused-ring (bicyclic) bond motifs is 1. The van der Waals surface area contributed by atoms with Crippen LogP contribution in [0.3, 0.4) is 0 Å². The summed E-state index contributed by atoms with van der Waals surface area (Å²) in [5, 5.41) is 0. The fourth-order valence-corrected chi connectivity index (χ4v) is 4.03. The van der Waals surface area contributed by atoms with Crippen molar-refractivity contribution in [2.24, 2.45) is 0 Å². The average molecular weight is 434 g/mol. The number of hydrogen-bond acceptors (Lipinski definition) is 6. The average Bonchev–Trinajstić information content (AvgIpc) is 3.49. The van der Waals surface area contributed by atoms with Gasteiger partial charge >= 0.3 is 0 Å². The number of carbonyl (C=O) groups excluding carboxylic acids is 1. The normalized spacial score (nSPS) is 15.3. The quantitative estimate of drug-likeness (QED) is 0.565. The SMILES string of the molecule is O=C(c1ccc(CN(Cc2ccccc2)Cc2ccc3c(c2)OCO3)o1)N1CCOCC1. The van der Waals surface area contributed by atoms with E-state index in [1.54, 1.807) is 11.0 Å². The van der Waals surface area contributed by atoms with Crippen LogP contribution in [-0.4, -0.2) is 48.8 Å². The van der Waals surface area contributed by atoms with Gasteiger partial charge in [0.15, 0.2) is 17.3 Å². The van der Waals surface area contributed by atoms with Crippen LogP contribution in [0, 0.1) is 0 Å². The van der Waals surface area contributed by atoms with Crippen LogP contribution in [0.5, 0.6) is 11.5 Å². The summed E-state index contributed by atoms with van der Waals surface area (Å²) in [6, 6.07) is 20.0. The summed E-state index contributed by atoms with van der Waals surface area (Å²) >= 11 is 0. The summed E-state index contributed by atoms with van der Waals surface area (Å²) < 4.78 is 22.3. The van der Waals surface area contributed by atoms with Crippen molar-refractivity contribution in [1.82, 2.24) is 9.80 Å². The molecule has 2 aromatic carbocycles. The molecule has 0 saturated carbocycles. The monoisotopic (exact) mass is 434 g/mol. The van der Waals surface area contributed by atoms with E-state index in [4.69, 9.17) is 18.6 Å². The molecular formula is C25H26N2O5. The molecule has 0 aliphatic carbocycles. The summed E-state index contributed by atoms with van der Waals surface area (Å²) in [6.45, 7) is 4.64. The maximum absolute atomic E-state index is 12.7. The zero-order valence-electron chi connectivity index (χ0n) is 17.9. The number of nitrogens with zero attached hydrogens (tertiary/aromatic N) is 2. The molecular weight excluding hydrogens is 408 g/mol. The lowest BCUT2D eigenvalue weighted by Gasteiger charge is -2.25. The number of hydrogen-bond donors (Lipinski definition) is 0. The van der Waals surface area contributed by atoms with E-state index in [-0.39, 0.29) is 12.7 Å². The van der Waals surface area contributed by atoms with Crippen LogP contribution in [-0.2, 0) is 24.4 Å². The molecule has 2 aliphatic rings. The maximum Gasteiger partial charge on any atom is 0.289 e. The van der Waals surface area contributed by atoms with E-state index >= 15 is 0 Å². The van der Waals surface area contributed by atoms with Gasteiger partial charge in [-0.15, -0.1) is 0 Å². The molecule has 2 aliphatic heterocycles. The maximum atomic E-state index is 12.7. The van der Waals surface area contributed by atoms with Crippen LogP contribution in [0.2, 0.25) is 0 Å². The molecule has 1 aromatic heterocycles. The molecule has 1 fully saturated rings. The van der Waals surface area contributed by atoms with Gasteiger partial charge in [-0.1, -0.05) is 36.4 Å². The molecule has 0 N–H and O–H groups in total. The van der Waals surface area contributed by atoms with E-state index < -0.39 is 0 Å². The molecule has 5 rings (SSSR count). The van der Waals surface area contributed by atoms with Crippen LogP contribution in [0.1, 0.15) is 27.4 Å². The number of amides is 1. The Morgan fingerprint density at radius 2 is 1.62 bits per heavy atom. The van der Waals surface area contributed by atoms with Crippen LogP contribution in [0.15, 0.2) is 65.1 Å². The van der Waals surface area contributed by atoms with Gasteiger partial charge in [0, 0.05) is 26.2 Å². The Hall–Kier alpha value is -3.29. The van der Waals surface area contributed by atoms with E-state index in [0.717, 1.165) is 29.4 Å². The molecule has 0 radical (unpaired) electrons. The lowest BCUT2D eigenvalue weighted by molar-refractivity contribution is 0.0281. The number of rotatable bonds is 7. The highest BCUT2D eigenvalue weighted by Crippen LogP contribution is 2.33. The summed E-state index contributed by atoms with van der Waals surface area (Å²) in [5.41, 5.74) is 2.34. The van der Waals surface area contributed by atoms with Gasteiger partial charge in [0.2, 0.25) is 6.79 Å². The first-order valence-corrected chi connectivity index (χ1v) is 10.9. The fourth-order valence-electron chi connectivity index (χ4n) is 4.03. The Kier molecular flexibility index (Phi) is 6.09. The minimum Gasteiger partial charge on any atom is -0.455 e. The van der Waals surface area contributed by atoms with Crippen molar-refractivity contribution in [3.8, 4) is 11.5 Å². The predicted octanol–water partition coefficient (Wildman–Crippen LogP) is 3.68. The van der Waals surface area contributed by atoms with Crippen molar-refractivity contribution in [3.63, 3.8) is 0 Å². The molecule has 3 heterocycles. The van der Waals surface area contributed by atoms with E-state index in [9.17, 15) is 4.79 Å². The third-order valence-corrected chi connectivity index (χ3v) is 5.64. The number of morpholine rings is 1. The van der Waals surface area contributed by atoms with Gasteiger partial charge in [-0.3, -0.25) is 9.69 Å². The Morgan fingerprint density at radius 3 is 2.47 bits per heavy atom. The van der Waals surface area contributed by atoms with Crippen LogP contribution >= 0.6 is 0 Å². The van der Waals surface area contributed by atoms with Crippen molar-refractivity contribution < 1.29 is 23.4 Å². The van der Waals surface area contributed by atoms with Gasteiger partial charge in [0.1, 0.15) is 5.76 Å². The molecule has 0 bridgehead atoms. The zero-order chi connectivity index (χ0) is 21.8. The van der Waals surface area contributed by atoms with E-state index in [1.165, 1.54) is 5.56 Å². The lowest BCUT2D eigenvalue weighted by Crippen LogP contribution is -2.40. The Bertz CT molecular complexity index is 1060. The second-order valence-electron chi connectivity index (χ2n) is 7.99. The van der Waals surface area contributed by atoms with Gasteiger partial charge < -0.3 is 23.5 Å². The first-order valence-electron chi connectivity index (χ1n) is 10.9. The highest BCUT2D eigenvalue weighted by atomic mass is 16.7. The minimum atomic E-state index is -0.0788. The van der Waals surface area contributed by atoms with Crippen LogP contribution < -0.4 is 9.47 Å². The van der Waals surface area contributed by atoms with Gasteiger partial charge in [-0.2, -0.15) is 0 Å². The molecule has 166 valence electrons. The molecule has 0 unspecified atom stereocenters. The highest BCUT2D eigenvalue weighted by molar-refractivity contribution is 5.91. The molecule has 3 aromatic rings. The van der Waals surface area contributed by atoms with Crippen LogP contribution in [0.4, 0.5) is 0 Å². The fraction of sp³-hybridized carbons (Fsp3) is 0.320. The molecule has 1 saturated heterocycles. The number of ether oxygens (including phenoxy) is 3. The summed E-state index contributed by atoms with van der Waals surface area (Å²) in [5.74, 6) is 2.62.